The van der Waals surface area contributed by atoms with Crippen LogP contribution in [0.5, 0.6) is 0 Å². The first-order valence-electron chi connectivity index (χ1n) is 8.14. The van der Waals surface area contributed by atoms with E-state index >= 15 is 0 Å². The molecule has 0 bridgehead atoms. The molecule has 1 aliphatic rings. The molecule has 26 heavy (non-hydrogen) atoms. The molecule has 2 heterocycles. The molecule has 1 aliphatic heterocycles. The van der Waals surface area contributed by atoms with Crippen molar-refractivity contribution in [2.75, 3.05) is 17.8 Å². The summed E-state index contributed by atoms with van der Waals surface area (Å²) in [5.41, 5.74) is 0.111. The van der Waals surface area contributed by atoms with Gasteiger partial charge in [0.1, 0.15) is 16.4 Å². The van der Waals surface area contributed by atoms with Gasteiger partial charge in [0.25, 0.3) is 15.9 Å². The predicted octanol–water partition coefficient (Wildman–Crippen LogP) is 3.19. The van der Waals surface area contributed by atoms with E-state index in [2.05, 4.69) is 4.72 Å². The summed E-state index contributed by atoms with van der Waals surface area (Å²) in [5, 5.41) is 0.167. The second-order valence-corrected chi connectivity index (χ2v) is 8.75. The molecular weight excluding hydrogens is 381 g/mol. The fraction of sp³-hybridized carbons (Fsp3) is 0.353. The van der Waals surface area contributed by atoms with Crippen molar-refractivity contribution in [3.05, 3.63) is 47.0 Å². The van der Waals surface area contributed by atoms with Crippen LogP contribution in [0, 0.1) is 11.7 Å². The number of anilines is 1. The zero-order valence-corrected chi connectivity index (χ0v) is 15.9. The van der Waals surface area contributed by atoms with Crippen LogP contribution < -0.4 is 4.72 Å². The quantitative estimate of drug-likeness (QED) is 0.839. The molecule has 0 saturated heterocycles. The number of hydrogen-bond acceptors (Lipinski definition) is 3. The Morgan fingerprint density at radius 3 is 2.65 bits per heavy atom. The zero-order valence-electron chi connectivity index (χ0n) is 14.4. The molecule has 0 spiro atoms. The minimum absolute atomic E-state index is 0.0819. The molecule has 0 saturated carbocycles. The second kappa shape index (κ2) is 6.92. The van der Waals surface area contributed by atoms with Crippen molar-refractivity contribution in [3.8, 4) is 0 Å². The number of benzene rings is 1. The topological polar surface area (TPSA) is 71.4 Å². The van der Waals surface area contributed by atoms with Crippen molar-refractivity contribution in [1.29, 1.82) is 0 Å². The fourth-order valence-corrected chi connectivity index (χ4v) is 4.14. The average molecular weight is 400 g/mol. The van der Waals surface area contributed by atoms with Gasteiger partial charge in [-0.25, -0.2) is 12.8 Å². The van der Waals surface area contributed by atoms with Crippen LogP contribution >= 0.6 is 11.6 Å². The van der Waals surface area contributed by atoms with E-state index in [1.165, 1.54) is 24.4 Å². The lowest BCUT2D eigenvalue weighted by Crippen LogP contribution is -2.41. The zero-order chi connectivity index (χ0) is 19.1. The first-order chi connectivity index (χ1) is 12.2. The molecule has 6 nitrogen and oxygen atoms in total. The third kappa shape index (κ3) is 3.71. The van der Waals surface area contributed by atoms with Crippen LogP contribution in [0.15, 0.2) is 35.4 Å². The van der Waals surface area contributed by atoms with Crippen molar-refractivity contribution in [2.45, 2.75) is 25.3 Å². The predicted molar refractivity (Wildman–Crippen MR) is 97.4 cm³/mol. The summed E-state index contributed by atoms with van der Waals surface area (Å²) >= 11 is 5.68. The van der Waals surface area contributed by atoms with Gasteiger partial charge in [-0.15, -0.1) is 0 Å². The Kier molecular flexibility index (Phi) is 4.98. The summed E-state index contributed by atoms with van der Waals surface area (Å²) < 4.78 is 42.8. The molecule has 0 fully saturated rings. The van der Waals surface area contributed by atoms with Gasteiger partial charge in [-0.3, -0.25) is 9.52 Å². The molecule has 0 aliphatic carbocycles. The number of sulfonamides is 1. The van der Waals surface area contributed by atoms with E-state index in [4.69, 9.17) is 11.6 Å². The van der Waals surface area contributed by atoms with E-state index in [0.717, 1.165) is 6.07 Å². The number of fused-ring (bicyclic) bond motifs is 1. The van der Waals surface area contributed by atoms with E-state index in [0.29, 0.717) is 31.2 Å². The Labute approximate surface area is 156 Å². The van der Waals surface area contributed by atoms with Gasteiger partial charge in [-0.05, 0) is 30.2 Å². The number of carbonyl (C=O) groups excluding carboxylic acids is 1. The van der Waals surface area contributed by atoms with Crippen molar-refractivity contribution < 1.29 is 17.6 Å². The van der Waals surface area contributed by atoms with Gasteiger partial charge < -0.3 is 9.47 Å². The number of carbonyl (C=O) groups is 1. The maximum Gasteiger partial charge on any atom is 0.270 e. The highest BCUT2D eigenvalue weighted by atomic mass is 35.5. The van der Waals surface area contributed by atoms with E-state index < -0.39 is 15.8 Å². The third-order valence-electron chi connectivity index (χ3n) is 4.06. The Morgan fingerprint density at radius 1 is 1.27 bits per heavy atom. The van der Waals surface area contributed by atoms with Crippen molar-refractivity contribution in [3.63, 3.8) is 0 Å². The van der Waals surface area contributed by atoms with Gasteiger partial charge in [-0.2, -0.15) is 0 Å². The number of nitrogens with one attached hydrogen (secondary N) is 1. The fourth-order valence-electron chi connectivity index (χ4n) is 2.88. The Hall–Kier alpha value is -2.06. The second-order valence-electron chi connectivity index (χ2n) is 6.63. The van der Waals surface area contributed by atoms with Crippen LogP contribution in [0.2, 0.25) is 5.02 Å². The SMILES string of the molecule is CC(C)CN1CCn2cc(S(=O)(=O)Nc3ccc(Cl)cc3F)cc2C1=O. The van der Waals surface area contributed by atoms with Gasteiger partial charge >= 0.3 is 0 Å². The Morgan fingerprint density at radius 2 is 2.00 bits per heavy atom. The number of rotatable bonds is 5. The molecule has 1 N–H and O–H groups in total. The molecular formula is C17H19ClFN3O3S. The first kappa shape index (κ1) is 18.7. The lowest BCUT2D eigenvalue weighted by Gasteiger charge is -2.29. The van der Waals surface area contributed by atoms with Crippen LogP contribution in [0.1, 0.15) is 24.3 Å². The highest BCUT2D eigenvalue weighted by Gasteiger charge is 2.29. The number of halogens is 2. The lowest BCUT2D eigenvalue weighted by molar-refractivity contribution is 0.0683. The van der Waals surface area contributed by atoms with E-state index in [9.17, 15) is 17.6 Å². The van der Waals surface area contributed by atoms with Crippen molar-refractivity contribution in [2.24, 2.45) is 5.92 Å². The normalized spacial score (nSPS) is 14.7. The van der Waals surface area contributed by atoms with Crippen molar-refractivity contribution >= 4 is 33.2 Å². The molecule has 1 aromatic heterocycles. The standard InChI is InChI=1S/C17H19ClFN3O3S/c1-11(2)9-22-6-5-21-10-13(8-16(21)17(22)23)26(24,25)20-15-4-3-12(18)7-14(15)19/h3-4,7-8,10-11,20H,5-6,9H2,1-2H3. The Balaban J connectivity index is 1.88. The number of nitrogens with zero attached hydrogens (tertiary/aromatic N) is 2. The molecule has 1 amide bonds. The molecule has 1 aromatic carbocycles. The van der Waals surface area contributed by atoms with Gasteiger partial charge in [0, 0.05) is 30.9 Å². The Bertz CT molecular complexity index is 956. The molecule has 140 valence electrons. The highest BCUT2D eigenvalue weighted by Crippen LogP contribution is 2.25. The maximum atomic E-state index is 13.9. The van der Waals surface area contributed by atoms with Gasteiger partial charge in [0.15, 0.2) is 0 Å². The average Bonchev–Trinajstić information content (AvgIpc) is 2.98. The largest absolute Gasteiger partial charge is 0.340 e. The summed E-state index contributed by atoms with van der Waals surface area (Å²) in [6.45, 7) is 5.68. The van der Waals surface area contributed by atoms with Gasteiger partial charge in [0.05, 0.1) is 5.69 Å². The maximum absolute atomic E-state index is 13.9. The third-order valence-corrected chi connectivity index (χ3v) is 5.63. The van der Waals surface area contributed by atoms with E-state index in [1.807, 2.05) is 13.8 Å². The van der Waals surface area contributed by atoms with E-state index in [-0.39, 0.29) is 21.5 Å². The van der Waals surface area contributed by atoms with Crippen molar-refractivity contribution in [1.82, 2.24) is 9.47 Å². The number of hydrogen-bond donors (Lipinski definition) is 1. The molecule has 0 radical (unpaired) electrons. The lowest BCUT2D eigenvalue weighted by atomic mass is 10.2. The molecule has 3 rings (SSSR count). The molecule has 0 unspecified atom stereocenters. The minimum Gasteiger partial charge on any atom is -0.340 e. The summed E-state index contributed by atoms with van der Waals surface area (Å²) in [6, 6.07) is 4.99. The van der Waals surface area contributed by atoms with Crippen LogP contribution in [0.25, 0.3) is 0 Å². The highest BCUT2D eigenvalue weighted by molar-refractivity contribution is 7.92. The number of amides is 1. The molecule has 9 heteroatoms. The van der Waals surface area contributed by atoms with Gasteiger partial charge in [-0.1, -0.05) is 25.4 Å². The summed E-state index contributed by atoms with van der Waals surface area (Å²) in [5.74, 6) is -0.661. The van der Waals surface area contributed by atoms with Crippen LogP contribution in [0.3, 0.4) is 0 Å². The minimum atomic E-state index is -4.03. The summed E-state index contributed by atoms with van der Waals surface area (Å²) in [7, 11) is -4.03. The smallest absolute Gasteiger partial charge is 0.270 e. The molecule has 0 atom stereocenters. The van der Waals surface area contributed by atoms with Crippen LogP contribution in [-0.2, 0) is 16.6 Å². The van der Waals surface area contributed by atoms with Crippen LogP contribution in [-0.4, -0.2) is 36.9 Å². The number of aromatic nitrogens is 1. The molecule has 2 aromatic rings. The van der Waals surface area contributed by atoms with Crippen LogP contribution in [0.4, 0.5) is 10.1 Å². The first-order valence-corrected chi connectivity index (χ1v) is 10.0. The van der Waals surface area contributed by atoms with Gasteiger partial charge in [0.2, 0.25) is 0 Å². The monoisotopic (exact) mass is 399 g/mol. The van der Waals surface area contributed by atoms with E-state index in [1.54, 1.807) is 9.47 Å². The summed E-state index contributed by atoms with van der Waals surface area (Å²) in [6.07, 6.45) is 1.40. The summed E-state index contributed by atoms with van der Waals surface area (Å²) in [4.78, 5) is 14.2.